The van der Waals surface area contributed by atoms with E-state index in [0.717, 1.165) is 0 Å². The van der Waals surface area contributed by atoms with Crippen LogP contribution >= 0.6 is 0 Å². The highest BCUT2D eigenvalue weighted by atomic mass is 32.2. The molecule has 156 valence electrons. The van der Waals surface area contributed by atoms with Gasteiger partial charge in [0.15, 0.2) is 5.82 Å². The topological polar surface area (TPSA) is 96.6 Å². The van der Waals surface area contributed by atoms with Crippen LogP contribution in [0.25, 0.3) is 0 Å². The molecule has 0 unspecified atom stereocenters. The monoisotopic (exact) mass is 422 g/mol. The highest BCUT2D eigenvalue weighted by Gasteiger charge is 2.59. The Kier molecular flexibility index (Phi) is 4.94. The van der Waals surface area contributed by atoms with E-state index < -0.39 is 21.3 Å². The predicted octanol–water partition coefficient (Wildman–Crippen LogP) is 1.12. The van der Waals surface area contributed by atoms with Crippen molar-refractivity contribution in [2.45, 2.75) is 25.7 Å². The highest BCUT2D eigenvalue weighted by molar-refractivity contribution is 7.89. The highest BCUT2D eigenvalue weighted by Crippen LogP contribution is 2.45. The van der Waals surface area contributed by atoms with Crippen LogP contribution in [0.4, 0.5) is 4.39 Å². The number of benzene rings is 1. The number of aryl methyl sites for hydroxylation is 1. The molecule has 1 aromatic heterocycles. The van der Waals surface area contributed by atoms with Crippen LogP contribution in [0, 0.1) is 18.7 Å². The summed E-state index contributed by atoms with van der Waals surface area (Å²) >= 11 is 0. The Bertz CT molecular complexity index is 1040. The summed E-state index contributed by atoms with van der Waals surface area (Å²) < 4.78 is 45.7. The number of hydrogen-bond donors (Lipinski definition) is 0. The smallest absolute Gasteiger partial charge is 0.236 e. The Hall–Kier alpha value is -2.33. The fourth-order valence-corrected chi connectivity index (χ4v) is 5.52. The molecule has 2 aliphatic heterocycles. The van der Waals surface area contributed by atoms with Crippen LogP contribution in [0.3, 0.4) is 0 Å². The van der Waals surface area contributed by atoms with E-state index in [1.54, 1.807) is 36.9 Å². The van der Waals surface area contributed by atoms with Crippen molar-refractivity contribution in [3.8, 4) is 0 Å². The van der Waals surface area contributed by atoms with Crippen molar-refractivity contribution in [1.29, 1.82) is 0 Å². The molecule has 0 spiro atoms. The normalized spacial score (nSPS) is 24.8. The van der Waals surface area contributed by atoms with Crippen LogP contribution < -0.4 is 0 Å². The third-order valence-electron chi connectivity index (χ3n) is 5.94. The van der Waals surface area contributed by atoms with Gasteiger partial charge in [-0.1, -0.05) is 23.4 Å². The maximum absolute atomic E-state index is 14.0. The Balaban J connectivity index is 1.60. The van der Waals surface area contributed by atoms with E-state index >= 15 is 0 Å². The summed E-state index contributed by atoms with van der Waals surface area (Å²) in [6.07, 6.45) is -0.0463. The van der Waals surface area contributed by atoms with Gasteiger partial charge in [0.05, 0.1) is 17.6 Å². The van der Waals surface area contributed by atoms with Gasteiger partial charge in [-0.2, -0.15) is 4.98 Å². The molecular formula is C19H23FN4O4S. The van der Waals surface area contributed by atoms with Gasteiger partial charge in [0.2, 0.25) is 21.8 Å². The van der Waals surface area contributed by atoms with Crippen molar-refractivity contribution < 1.29 is 22.1 Å². The lowest BCUT2D eigenvalue weighted by Gasteiger charge is -2.25. The Morgan fingerprint density at radius 2 is 2.07 bits per heavy atom. The van der Waals surface area contributed by atoms with Crippen LogP contribution in [0.2, 0.25) is 0 Å². The number of rotatable bonds is 5. The molecule has 0 radical (unpaired) electrons. The number of halogens is 1. The lowest BCUT2D eigenvalue weighted by molar-refractivity contribution is -0.129. The minimum atomic E-state index is -3.38. The molecule has 2 aliphatic rings. The number of aromatic nitrogens is 2. The largest absolute Gasteiger partial charge is 0.341 e. The molecule has 0 saturated carbocycles. The van der Waals surface area contributed by atoms with Crippen LogP contribution in [-0.2, 0) is 26.7 Å². The molecule has 2 atom stereocenters. The SMILES string of the molecule is CCS(=O)(=O)N1C[C@@H]2CN(C(=O)Cc3ccccc3F)C[C@]2(c2nc(C)no2)C1. The van der Waals surface area contributed by atoms with E-state index in [1.807, 2.05) is 0 Å². The molecule has 2 aromatic rings. The molecule has 8 nitrogen and oxygen atoms in total. The van der Waals surface area contributed by atoms with Gasteiger partial charge in [-0.15, -0.1) is 0 Å². The predicted molar refractivity (Wildman–Crippen MR) is 102 cm³/mol. The van der Waals surface area contributed by atoms with Crippen molar-refractivity contribution in [2.24, 2.45) is 5.92 Å². The van der Waals surface area contributed by atoms with Crippen LogP contribution in [0.15, 0.2) is 28.8 Å². The van der Waals surface area contributed by atoms with Gasteiger partial charge < -0.3 is 9.42 Å². The summed E-state index contributed by atoms with van der Waals surface area (Å²) in [5.74, 6) is 0.0474. The van der Waals surface area contributed by atoms with E-state index in [0.29, 0.717) is 30.4 Å². The minimum absolute atomic E-state index is 0.00852. The number of nitrogens with zero attached hydrogens (tertiary/aromatic N) is 4. The van der Waals surface area contributed by atoms with Gasteiger partial charge in [-0.05, 0) is 25.5 Å². The maximum atomic E-state index is 14.0. The molecule has 2 fully saturated rings. The van der Waals surface area contributed by atoms with E-state index in [2.05, 4.69) is 10.1 Å². The van der Waals surface area contributed by atoms with Crippen molar-refractivity contribution in [2.75, 3.05) is 31.9 Å². The molecule has 10 heteroatoms. The number of hydrogen-bond acceptors (Lipinski definition) is 6. The summed E-state index contributed by atoms with van der Waals surface area (Å²) in [6, 6.07) is 6.20. The minimum Gasteiger partial charge on any atom is -0.341 e. The lowest BCUT2D eigenvalue weighted by Crippen LogP contribution is -2.42. The summed E-state index contributed by atoms with van der Waals surface area (Å²) in [5, 5.41) is 3.87. The number of likely N-dealkylation sites (tertiary alicyclic amines) is 1. The van der Waals surface area contributed by atoms with Crippen LogP contribution in [0.1, 0.15) is 24.2 Å². The molecule has 4 rings (SSSR count). The van der Waals surface area contributed by atoms with Gasteiger partial charge in [-0.3, -0.25) is 4.79 Å². The van der Waals surface area contributed by atoms with E-state index in [1.165, 1.54) is 10.4 Å². The van der Waals surface area contributed by atoms with Gasteiger partial charge in [0, 0.05) is 32.1 Å². The van der Waals surface area contributed by atoms with Crippen molar-refractivity contribution in [3.05, 3.63) is 47.4 Å². The molecule has 0 bridgehead atoms. The van der Waals surface area contributed by atoms with Crippen LogP contribution in [-0.4, -0.2) is 65.6 Å². The zero-order valence-corrected chi connectivity index (χ0v) is 17.2. The molecule has 0 N–H and O–H groups in total. The molecular weight excluding hydrogens is 399 g/mol. The maximum Gasteiger partial charge on any atom is 0.236 e. The summed E-state index contributed by atoms with van der Waals surface area (Å²) in [7, 11) is -3.38. The van der Waals surface area contributed by atoms with Gasteiger partial charge >= 0.3 is 0 Å². The third-order valence-corrected chi connectivity index (χ3v) is 7.74. The second-order valence-electron chi connectivity index (χ2n) is 7.74. The number of carbonyl (C=O) groups is 1. The van der Waals surface area contributed by atoms with Gasteiger partial charge in [-0.25, -0.2) is 17.1 Å². The van der Waals surface area contributed by atoms with E-state index in [-0.39, 0.29) is 37.1 Å². The number of carbonyl (C=O) groups excluding carboxylic acids is 1. The number of sulfonamides is 1. The van der Waals surface area contributed by atoms with Gasteiger partial charge in [0.1, 0.15) is 5.82 Å². The first-order valence-corrected chi connectivity index (χ1v) is 11.2. The average molecular weight is 422 g/mol. The fourth-order valence-electron chi connectivity index (χ4n) is 4.32. The van der Waals surface area contributed by atoms with Crippen molar-refractivity contribution in [3.63, 3.8) is 0 Å². The summed E-state index contributed by atoms with van der Waals surface area (Å²) in [4.78, 5) is 18.9. The van der Waals surface area contributed by atoms with Gasteiger partial charge in [0.25, 0.3) is 0 Å². The second-order valence-corrected chi connectivity index (χ2v) is 9.99. The van der Waals surface area contributed by atoms with Crippen molar-refractivity contribution in [1.82, 2.24) is 19.3 Å². The lowest BCUT2D eigenvalue weighted by atomic mass is 9.81. The molecule has 1 amide bonds. The molecule has 0 aliphatic carbocycles. The molecule has 29 heavy (non-hydrogen) atoms. The third kappa shape index (κ3) is 3.44. The second kappa shape index (κ2) is 7.17. The zero-order valence-electron chi connectivity index (χ0n) is 16.3. The average Bonchev–Trinajstić information content (AvgIpc) is 3.36. The number of fused-ring (bicyclic) bond motifs is 1. The molecule has 3 heterocycles. The fraction of sp³-hybridized carbons (Fsp3) is 0.526. The van der Waals surface area contributed by atoms with E-state index in [9.17, 15) is 17.6 Å². The molecule has 2 saturated heterocycles. The standard InChI is InChI=1S/C19H23FN4O4S/c1-3-29(26,27)24-10-15-9-23(17(25)8-14-6-4-5-7-16(14)20)11-19(15,12-24)18-21-13(2)22-28-18/h4-7,15H,3,8-12H2,1-2H3/t15-,19-/m0/s1. The summed E-state index contributed by atoms with van der Waals surface area (Å²) in [6.45, 7) is 4.42. The summed E-state index contributed by atoms with van der Waals surface area (Å²) in [5.41, 5.74) is -0.401. The quantitative estimate of drug-likeness (QED) is 0.717. The first-order chi connectivity index (χ1) is 13.7. The van der Waals surface area contributed by atoms with Crippen LogP contribution in [0.5, 0.6) is 0 Å². The van der Waals surface area contributed by atoms with Crippen molar-refractivity contribution >= 4 is 15.9 Å². The Morgan fingerprint density at radius 3 is 2.72 bits per heavy atom. The number of amides is 1. The Morgan fingerprint density at radius 1 is 1.31 bits per heavy atom. The first-order valence-electron chi connectivity index (χ1n) is 9.55. The molecule has 1 aromatic carbocycles. The Labute approximate surface area is 168 Å². The zero-order chi connectivity index (χ0) is 20.8. The van der Waals surface area contributed by atoms with E-state index in [4.69, 9.17) is 4.52 Å². The first kappa shape index (κ1) is 20.0.